The average molecular weight is 550 g/mol. The van der Waals surface area contributed by atoms with Crippen LogP contribution in [0, 0.1) is 0 Å². The lowest BCUT2D eigenvalue weighted by Gasteiger charge is -2.25. The molecule has 0 spiro atoms. The third kappa shape index (κ3) is 4.05. The van der Waals surface area contributed by atoms with Crippen LogP contribution >= 0.6 is 34.7 Å². The molecular formula is C27H19BrClN2O2P. The Kier molecular flexibility index (Phi) is 6.26. The molecule has 0 aliphatic carbocycles. The lowest BCUT2D eigenvalue weighted by atomic mass is 10.0. The summed E-state index contributed by atoms with van der Waals surface area (Å²) in [7, 11) is -3.55. The highest BCUT2D eigenvalue weighted by Gasteiger charge is 2.43. The number of rotatable bonds is 4. The van der Waals surface area contributed by atoms with Gasteiger partial charge in [0.15, 0.2) is 12.9 Å². The zero-order chi connectivity index (χ0) is 23.7. The summed E-state index contributed by atoms with van der Waals surface area (Å²) in [5.74, 6) is -1.61. The summed E-state index contributed by atoms with van der Waals surface area (Å²) in [4.78, 5) is 18.6. The van der Waals surface area contributed by atoms with E-state index in [2.05, 4.69) is 21.2 Å². The summed E-state index contributed by atoms with van der Waals surface area (Å²) in [6, 6.07) is 31.1. The summed E-state index contributed by atoms with van der Waals surface area (Å²) in [6.07, 6.45) is 0. The van der Waals surface area contributed by atoms with Gasteiger partial charge in [0.05, 0.1) is 11.4 Å². The van der Waals surface area contributed by atoms with Gasteiger partial charge in [-0.25, -0.2) is 0 Å². The Hall–Kier alpha value is -2.98. The number of nitrogens with one attached hydrogen (secondary N) is 1. The van der Waals surface area contributed by atoms with Crippen molar-refractivity contribution in [1.29, 1.82) is 0 Å². The van der Waals surface area contributed by atoms with Crippen molar-refractivity contribution in [2.75, 3.05) is 5.32 Å². The van der Waals surface area contributed by atoms with Gasteiger partial charge in [0.25, 0.3) is 5.91 Å². The summed E-state index contributed by atoms with van der Waals surface area (Å²) in [6.45, 7) is 0. The first-order valence-corrected chi connectivity index (χ1v) is 13.6. The standard InChI is InChI=1S/C27H19BrClN2O2P/c28-18-15-16-24-22(17-18)25(21-13-7-8-14-23(21)29)31-27(26(32)30-24)34(33,19-9-3-1-4-10-19)20-11-5-2-6-12-20/h1-17,27H,(H,30,32). The van der Waals surface area contributed by atoms with Crippen LogP contribution in [0.4, 0.5) is 5.69 Å². The van der Waals surface area contributed by atoms with Crippen molar-refractivity contribution in [2.45, 2.75) is 5.78 Å². The molecule has 1 aliphatic rings. The SMILES string of the molecule is O=C1Nc2ccc(Br)cc2C(c2ccccc2Cl)=NC1P(=O)(c1ccccc1)c1ccccc1. The number of benzene rings is 4. The molecule has 1 aliphatic heterocycles. The van der Waals surface area contributed by atoms with E-state index in [-0.39, 0.29) is 0 Å². The molecule has 1 heterocycles. The normalized spacial score (nSPS) is 15.6. The topological polar surface area (TPSA) is 58.5 Å². The molecular weight excluding hydrogens is 531 g/mol. The number of aliphatic imine (C=N–C) groups is 1. The molecule has 0 aromatic heterocycles. The van der Waals surface area contributed by atoms with Gasteiger partial charge in [-0.3, -0.25) is 9.79 Å². The number of carbonyl (C=O) groups excluding carboxylic acids is 1. The molecule has 1 atom stereocenters. The van der Waals surface area contributed by atoms with E-state index in [0.29, 0.717) is 38.2 Å². The number of hydrogen-bond donors (Lipinski definition) is 1. The quantitative estimate of drug-likeness (QED) is 0.307. The number of carbonyl (C=O) groups is 1. The molecule has 0 bridgehead atoms. The molecule has 34 heavy (non-hydrogen) atoms. The molecule has 0 saturated heterocycles. The van der Waals surface area contributed by atoms with Crippen molar-refractivity contribution >= 4 is 62.6 Å². The molecule has 4 aromatic carbocycles. The van der Waals surface area contributed by atoms with E-state index in [0.717, 1.165) is 4.47 Å². The number of fused-ring (bicyclic) bond motifs is 1. The van der Waals surface area contributed by atoms with Crippen LogP contribution in [0.25, 0.3) is 0 Å². The average Bonchev–Trinajstić information content (AvgIpc) is 3.01. The fourth-order valence-electron chi connectivity index (χ4n) is 4.11. The van der Waals surface area contributed by atoms with Gasteiger partial charge in [-0.1, -0.05) is 106 Å². The van der Waals surface area contributed by atoms with Crippen LogP contribution in [-0.4, -0.2) is 17.4 Å². The van der Waals surface area contributed by atoms with Gasteiger partial charge < -0.3 is 9.88 Å². The minimum atomic E-state index is -3.55. The van der Waals surface area contributed by atoms with Crippen molar-refractivity contribution in [1.82, 2.24) is 0 Å². The predicted molar refractivity (Wildman–Crippen MR) is 143 cm³/mol. The maximum absolute atomic E-state index is 15.0. The van der Waals surface area contributed by atoms with Crippen molar-refractivity contribution in [3.8, 4) is 0 Å². The number of halogens is 2. The Morgan fingerprint density at radius 2 is 1.38 bits per heavy atom. The fraction of sp³-hybridized carbons (Fsp3) is 0.0370. The second-order valence-electron chi connectivity index (χ2n) is 7.84. The smallest absolute Gasteiger partial charge is 0.257 e. The van der Waals surface area contributed by atoms with Gasteiger partial charge in [0.1, 0.15) is 0 Å². The van der Waals surface area contributed by atoms with Crippen molar-refractivity contribution in [3.63, 3.8) is 0 Å². The van der Waals surface area contributed by atoms with Gasteiger partial charge in [0, 0.05) is 31.2 Å². The van der Waals surface area contributed by atoms with Crippen molar-refractivity contribution in [2.24, 2.45) is 4.99 Å². The highest BCUT2D eigenvalue weighted by Crippen LogP contribution is 2.51. The first-order valence-electron chi connectivity index (χ1n) is 10.6. The molecule has 4 nitrogen and oxygen atoms in total. The van der Waals surface area contributed by atoms with Gasteiger partial charge in [-0.2, -0.15) is 0 Å². The lowest BCUT2D eigenvalue weighted by molar-refractivity contribution is -0.115. The predicted octanol–water partition coefficient (Wildman–Crippen LogP) is 6.23. The second-order valence-corrected chi connectivity index (χ2v) is 12.0. The fourth-order valence-corrected chi connectivity index (χ4v) is 7.47. The van der Waals surface area contributed by atoms with E-state index < -0.39 is 18.8 Å². The first-order chi connectivity index (χ1) is 16.5. The van der Waals surface area contributed by atoms with Gasteiger partial charge in [-0.05, 0) is 24.3 Å². The van der Waals surface area contributed by atoms with E-state index in [1.54, 1.807) is 30.3 Å². The maximum Gasteiger partial charge on any atom is 0.257 e. The van der Waals surface area contributed by atoms with Crippen LogP contribution < -0.4 is 15.9 Å². The maximum atomic E-state index is 15.0. The summed E-state index contributed by atoms with van der Waals surface area (Å²) < 4.78 is 15.8. The van der Waals surface area contributed by atoms with Crippen molar-refractivity contribution in [3.05, 3.63) is 124 Å². The number of hydrogen-bond acceptors (Lipinski definition) is 3. The lowest BCUT2D eigenvalue weighted by Crippen LogP contribution is -2.34. The van der Waals surface area contributed by atoms with Crippen LogP contribution in [0.1, 0.15) is 11.1 Å². The summed E-state index contributed by atoms with van der Waals surface area (Å²) in [5, 5.41) is 4.60. The van der Waals surface area contributed by atoms with Crippen LogP contribution in [0.3, 0.4) is 0 Å². The largest absolute Gasteiger partial charge is 0.323 e. The highest BCUT2D eigenvalue weighted by molar-refractivity contribution is 9.10. The molecule has 0 saturated carbocycles. The van der Waals surface area contributed by atoms with Gasteiger partial charge >= 0.3 is 0 Å². The van der Waals surface area contributed by atoms with E-state index in [9.17, 15) is 4.79 Å². The van der Waals surface area contributed by atoms with Gasteiger partial charge in [0.2, 0.25) is 0 Å². The molecule has 7 heteroatoms. The van der Waals surface area contributed by atoms with Crippen LogP contribution in [-0.2, 0) is 9.36 Å². The second kappa shape index (κ2) is 9.34. The number of anilines is 1. The Labute approximate surface area is 211 Å². The van der Waals surface area contributed by atoms with E-state index in [4.69, 9.17) is 16.6 Å². The third-order valence-electron chi connectivity index (χ3n) is 5.73. The Balaban J connectivity index is 1.82. The number of nitrogens with zero attached hydrogens (tertiary/aromatic N) is 1. The highest BCUT2D eigenvalue weighted by atomic mass is 79.9. The van der Waals surface area contributed by atoms with E-state index in [1.807, 2.05) is 72.8 Å². The Morgan fingerprint density at radius 3 is 2.00 bits per heavy atom. The summed E-state index contributed by atoms with van der Waals surface area (Å²) in [5.41, 5.74) is 2.46. The van der Waals surface area contributed by atoms with Gasteiger partial charge in [-0.15, -0.1) is 0 Å². The third-order valence-corrected chi connectivity index (χ3v) is 9.73. The first kappa shape index (κ1) is 22.8. The van der Waals surface area contributed by atoms with Crippen molar-refractivity contribution < 1.29 is 9.36 Å². The van der Waals surface area contributed by atoms with Crippen LogP contribution in [0.5, 0.6) is 0 Å². The molecule has 4 aromatic rings. The minimum Gasteiger partial charge on any atom is -0.323 e. The monoisotopic (exact) mass is 548 g/mol. The Morgan fingerprint density at radius 1 is 0.794 bits per heavy atom. The Bertz CT molecular complexity index is 1410. The number of amides is 1. The molecule has 5 rings (SSSR count). The zero-order valence-electron chi connectivity index (χ0n) is 17.9. The minimum absolute atomic E-state index is 0.429. The van der Waals surface area contributed by atoms with Crippen LogP contribution in [0.2, 0.25) is 5.02 Å². The molecule has 1 unspecified atom stereocenters. The molecule has 168 valence electrons. The number of benzodiazepines with no additional fused rings is 1. The van der Waals surface area contributed by atoms with E-state index in [1.165, 1.54) is 0 Å². The van der Waals surface area contributed by atoms with E-state index >= 15 is 4.57 Å². The summed E-state index contributed by atoms with van der Waals surface area (Å²) >= 11 is 10.1. The molecule has 0 fully saturated rings. The molecule has 1 amide bonds. The molecule has 0 radical (unpaired) electrons. The molecule has 1 N–H and O–H groups in total. The van der Waals surface area contributed by atoms with Crippen LogP contribution in [0.15, 0.2) is 113 Å². The zero-order valence-corrected chi connectivity index (χ0v) is 21.1.